The van der Waals surface area contributed by atoms with Gasteiger partial charge in [-0.3, -0.25) is 4.79 Å². The van der Waals surface area contributed by atoms with Crippen molar-refractivity contribution in [1.82, 2.24) is 4.90 Å². The van der Waals surface area contributed by atoms with Crippen LogP contribution in [0, 0.1) is 13.8 Å². The summed E-state index contributed by atoms with van der Waals surface area (Å²) in [5.41, 5.74) is 1.23. The fourth-order valence-electron chi connectivity index (χ4n) is 1.75. The first kappa shape index (κ1) is 9.71. The van der Waals surface area contributed by atoms with Gasteiger partial charge in [0, 0.05) is 18.0 Å². The minimum atomic E-state index is 0.226. The topological polar surface area (TPSA) is 20.3 Å². The first-order valence-electron chi connectivity index (χ1n) is 5.05. The molecule has 0 bridgehead atoms. The zero-order valence-electron chi connectivity index (χ0n) is 8.67. The van der Waals surface area contributed by atoms with Crippen LogP contribution in [-0.2, 0) is 0 Å². The van der Waals surface area contributed by atoms with E-state index in [1.807, 2.05) is 11.0 Å². The summed E-state index contributed by atoms with van der Waals surface area (Å²) in [7, 11) is 0. The zero-order valence-corrected chi connectivity index (χ0v) is 9.49. The Morgan fingerprint density at radius 1 is 1.36 bits per heavy atom. The van der Waals surface area contributed by atoms with Crippen LogP contribution in [0.25, 0.3) is 0 Å². The van der Waals surface area contributed by atoms with Crippen molar-refractivity contribution >= 4 is 17.2 Å². The SMILES string of the molecule is Cc1cc(C(=O)N2CCCC2)sc1C. The van der Waals surface area contributed by atoms with Gasteiger partial charge in [0.05, 0.1) is 4.88 Å². The number of carbonyl (C=O) groups excluding carboxylic acids is 1. The average Bonchev–Trinajstić information content (AvgIpc) is 2.76. The third-order valence-electron chi connectivity index (χ3n) is 2.77. The second kappa shape index (κ2) is 3.73. The molecule has 0 radical (unpaired) electrons. The van der Waals surface area contributed by atoms with Crippen LogP contribution in [0.2, 0.25) is 0 Å². The maximum atomic E-state index is 11.9. The molecule has 0 unspecified atom stereocenters. The molecule has 1 fully saturated rings. The predicted molar refractivity (Wildman–Crippen MR) is 58.9 cm³/mol. The molecule has 1 aromatic rings. The highest BCUT2D eigenvalue weighted by molar-refractivity contribution is 7.14. The van der Waals surface area contributed by atoms with E-state index >= 15 is 0 Å². The van der Waals surface area contributed by atoms with Gasteiger partial charge < -0.3 is 4.90 Å². The molecule has 14 heavy (non-hydrogen) atoms. The van der Waals surface area contributed by atoms with E-state index in [4.69, 9.17) is 0 Å². The first-order valence-corrected chi connectivity index (χ1v) is 5.86. The molecule has 0 aliphatic carbocycles. The number of amides is 1. The third kappa shape index (κ3) is 1.69. The molecule has 2 heterocycles. The Bertz CT molecular complexity index is 331. The quantitative estimate of drug-likeness (QED) is 0.696. The molecule has 1 aliphatic rings. The number of carbonyl (C=O) groups is 1. The molecule has 0 N–H and O–H groups in total. The highest BCUT2D eigenvalue weighted by Gasteiger charge is 2.20. The van der Waals surface area contributed by atoms with Gasteiger partial charge >= 0.3 is 0 Å². The number of likely N-dealkylation sites (tertiary alicyclic amines) is 1. The van der Waals surface area contributed by atoms with Crippen molar-refractivity contribution in [3.8, 4) is 0 Å². The second-order valence-corrected chi connectivity index (χ2v) is 5.11. The van der Waals surface area contributed by atoms with E-state index < -0.39 is 0 Å². The first-order chi connectivity index (χ1) is 6.68. The molecule has 1 aliphatic heterocycles. The highest BCUT2D eigenvalue weighted by Crippen LogP contribution is 2.23. The molecular weight excluding hydrogens is 194 g/mol. The highest BCUT2D eigenvalue weighted by atomic mass is 32.1. The smallest absolute Gasteiger partial charge is 0.263 e. The van der Waals surface area contributed by atoms with Crippen LogP contribution in [0.15, 0.2) is 6.07 Å². The number of nitrogens with zero attached hydrogens (tertiary/aromatic N) is 1. The van der Waals surface area contributed by atoms with Crippen LogP contribution in [0.1, 0.15) is 33.0 Å². The lowest BCUT2D eigenvalue weighted by Gasteiger charge is -2.13. The van der Waals surface area contributed by atoms with Crippen LogP contribution >= 0.6 is 11.3 Å². The lowest BCUT2D eigenvalue weighted by molar-refractivity contribution is 0.0797. The van der Waals surface area contributed by atoms with Gasteiger partial charge in [-0.25, -0.2) is 0 Å². The Morgan fingerprint density at radius 3 is 2.50 bits per heavy atom. The second-order valence-electron chi connectivity index (χ2n) is 3.85. The fourth-order valence-corrected chi connectivity index (χ4v) is 2.76. The van der Waals surface area contributed by atoms with Crippen molar-refractivity contribution < 1.29 is 4.79 Å². The Morgan fingerprint density at radius 2 is 2.00 bits per heavy atom. The standard InChI is InChI=1S/C11H15NOS/c1-8-7-10(14-9(8)2)11(13)12-5-3-4-6-12/h7H,3-6H2,1-2H3. The molecule has 3 heteroatoms. The number of aryl methyl sites for hydroxylation is 2. The van der Waals surface area contributed by atoms with Crippen molar-refractivity contribution in [3.05, 3.63) is 21.4 Å². The van der Waals surface area contributed by atoms with Crippen molar-refractivity contribution in [1.29, 1.82) is 0 Å². The molecule has 2 rings (SSSR count). The Balaban J connectivity index is 2.18. The number of hydrogen-bond donors (Lipinski definition) is 0. The minimum Gasteiger partial charge on any atom is -0.338 e. The number of hydrogen-bond acceptors (Lipinski definition) is 2. The van der Waals surface area contributed by atoms with Crippen molar-refractivity contribution in [2.24, 2.45) is 0 Å². The van der Waals surface area contributed by atoms with E-state index in [9.17, 15) is 4.79 Å². The molecule has 0 atom stereocenters. The van der Waals surface area contributed by atoms with Crippen LogP contribution in [0.4, 0.5) is 0 Å². The number of rotatable bonds is 1. The van der Waals surface area contributed by atoms with Gasteiger partial charge in [0.2, 0.25) is 0 Å². The van der Waals surface area contributed by atoms with Gasteiger partial charge in [0.1, 0.15) is 0 Å². The third-order valence-corrected chi connectivity index (χ3v) is 3.91. The Kier molecular flexibility index (Phi) is 2.59. The summed E-state index contributed by atoms with van der Waals surface area (Å²) in [5, 5.41) is 0. The van der Waals surface area contributed by atoms with E-state index in [0.29, 0.717) is 0 Å². The van der Waals surface area contributed by atoms with Gasteiger partial charge in [-0.2, -0.15) is 0 Å². The molecular formula is C11H15NOS. The molecule has 1 saturated heterocycles. The summed E-state index contributed by atoms with van der Waals surface area (Å²) in [6, 6.07) is 2.01. The predicted octanol–water partition coefficient (Wildman–Crippen LogP) is 2.60. The molecule has 2 nitrogen and oxygen atoms in total. The Labute approximate surface area is 88.5 Å². The molecule has 0 aromatic carbocycles. The lowest BCUT2D eigenvalue weighted by atomic mass is 10.3. The van der Waals surface area contributed by atoms with Gasteiger partial charge in [-0.15, -0.1) is 11.3 Å². The van der Waals surface area contributed by atoms with Crippen LogP contribution < -0.4 is 0 Å². The van der Waals surface area contributed by atoms with Crippen LogP contribution in [-0.4, -0.2) is 23.9 Å². The van der Waals surface area contributed by atoms with E-state index in [2.05, 4.69) is 13.8 Å². The molecule has 1 aromatic heterocycles. The maximum absolute atomic E-state index is 11.9. The molecule has 0 saturated carbocycles. The summed E-state index contributed by atoms with van der Waals surface area (Å²) in [6.07, 6.45) is 2.32. The van der Waals surface area contributed by atoms with E-state index in [-0.39, 0.29) is 5.91 Å². The molecule has 0 spiro atoms. The van der Waals surface area contributed by atoms with Crippen molar-refractivity contribution in [2.75, 3.05) is 13.1 Å². The fraction of sp³-hybridized carbons (Fsp3) is 0.545. The largest absolute Gasteiger partial charge is 0.338 e. The summed E-state index contributed by atoms with van der Waals surface area (Å²) in [4.78, 5) is 16.1. The molecule has 76 valence electrons. The summed E-state index contributed by atoms with van der Waals surface area (Å²) < 4.78 is 0. The maximum Gasteiger partial charge on any atom is 0.263 e. The van der Waals surface area contributed by atoms with Crippen molar-refractivity contribution in [2.45, 2.75) is 26.7 Å². The van der Waals surface area contributed by atoms with Gasteiger partial charge in [-0.05, 0) is 38.3 Å². The summed E-state index contributed by atoms with van der Waals surface area (Å²) in [6.45, 7) is 6.01. The monoisotopic (exact) mass is 209 g/mol. The normalized spacial score (nSPS) is 16.3. The van der Waals surface area contributed by atoms with Crippen LogP contribution in [0.3, 0.4) is 0 Å². The Hall–Kier alpha value is -0.830. The van der Waals surface area contributed by atoms with E-state index in [1.54, 1.807) is 11.3 Å². The zero-order chi connectivity index (χ0) is 10.1. The van der Waals surface area contributed by atoms with Gasteiger partial charge in [0.25, 0.3) is 5.91 Å². The lowest BCUT2D eigenvalue weighted by Crippen LogP contribution is -2.26. The summed E-state index contributed by atoms with van der Waals surface area (Å²) in [5.74, 6) is 0.226. The van der Waals surface area contributed by atoms with Crippen molar-refractivity contribution in [3.63, 3.8) is 0 Å². The minimum absolute atomic E-state index is 0.226. The van der Waals surface area contributed by atoms with Gasteiger partial charge in [0.15, 0.2) is 0 Å². The number of thiophene rings is 1. The average molecular weight is 209 g/mol. The summed E-state index contributed by atoms with van der Waals surface area (Å²) >= 11 is 1.62. The van der Waals surface area contributed by atoms with Gasteiger partial charge in [-0.1, -0.05) is 0 Å². The van der Waals surface area contributed by atoms with Crippen LogP contribution in [0.5, 0.6) is 0 Å². The van der Waals surface area contributed by atoms with E-state index in [0.717, 1.165) is 30.8 Å². The molecule has 1 amide bonds. The van der Waals surface area contributed by atoms with E-state index in [1.165, 1.54) is 10.4 Å².